The van der Waals surface area contributed by atoms with Crippen LogP contribution in [0.4, 0.5) is 0 Å². The smallest absolute Gasteiger partial charge is 1.00 e. The Bertz CT molecular complexity index is 129. The third kappa shape index (κ3) is 10.5. The number of hydrogen-bond acceptors (Lipinski definition) is 3. The summed E-state index contributed by atoms with van der Waals surface area (Å²) in [6.45, 7) is 7.25. The van der Waals surface area contributed by atoms with E-state index in [1.165, 1.54) is 12.2 Å². The largest absolute Gasteiger partial charge is 1.00 e. The standard InChI is InChI=1S/C6H10O3P.Na.H/c1-3-5-8-10(7)9-6-4-2;;/h3-4H,1-2,5-6H2;;/q2*+1;-1. The van der Waals surface area contributed by atoms with Crippen LogP contribution in [0.5, 0.6) is 0 Å². The minimum Gasteiger partial charge on any atom is -1.00 e. The summed E-state index contributed by atoms with van der Waals surface area (Å²) in [7, 11) is -1.98. The molecule has 0 spiro atoms. The molecule has 0 radical (unpaired) electrons. The van der Waals surface area contributed by atoms with Crippen molar-refractivity contribution in [3.05, 3.63) is 25.3 Å². The van der Waals surface area contributed by atoms with E-state index in [1.54, 1.807) is 0 Å². The summed E-state index contributed by atoms with van der Waals surface area (Å²) in [4.78, 5) is 0. The van der Waals surface area contributed by atoms with Gasteiger partial charge >= 0.3 is 37.8 Å². The van der Waals surface area contributed by atoms with Crippen molar-refractivity contribution < 1.29 is 44.6 Å². The van der Waals surface area contributed by atoms with Gasteiger partial charge in [0.1, 0.15) is 13.2 Å². The molecule has 0 aromatic carbocycles. The molecule has 0 bridgehead atoms. The molecule has 0 saturated carbocycles. The molecule has 0 aromatic rings. The van der Waals surface area contributed by atoms with Gasteiger partial charge in [-0.25, -0.2) is 0 Å². The van der Waals surface area contributed by atoms with E-state index in [0.717, 1.165) is 0 Å². The molecule has 0 aliphatic heterocycles. The van der Waals surface area contributed by atoms with Crippen molar-refractivity contribution >= 4 is 8.25 Å². The molecule has 0 saturated heterocycles. The Morgan fingerprint density at radius 3 is 1.91 bits per heavy atom. The molecular weight excluding hydrogens is 174 g/mol. The Balaban J connectivity index is -0.000000405. The first-order chi connectivity index (χ1) is 4.81. The molecule has 11 heavy (non-hydrogen) atoms. The van der Waals surface area contributed by atoms with Crippen molar-refractivity contribution in [1.82, 2.24) is 0 Å². The molecule has 0 aliphatic carbocycles. The van der Waals surface area contributed by atoms with E-state index in [1.807, 2.05) is 0 Å². The maximum atomic E-state index is 10.6. The van der Waals surface area contributed by atoms with Gasteiger partial charge in [-0.05, 0) is 0 Å². The van der Waals surface area contributed by atoms with Crippen LogP contribution in [0.25, 0.3) is 0 Å². The molecule has 0 heterocycles. The zero-order chi connectivity index (χ0) is 7.82. The van der Waals surface area contributed by atoms with Crippen LogP contribution in [0, 0.1) is 0 Å². The maximum Gasteiger partial charge on any atom is 1.00 e. The van der Waals surface area contributed by atoms with E-state index in [0.29, 0.717) is 0 Å². The number of rotatable bonds is 6. The van der Waals surface area contributed by atoms with Gasteiger partial charge in [0.05, 0.1) is 0 Å². The van der Waals surface area contributed by atoms with Gasteiger partial charge in [-0.1, -0.05) is 12.2 Å². The Labute approximate surface area is 91.2 Å². The van der Waals surface area contributed by atoms with E-state index >= 15 is 0 Å². The monoisotopic (exact) mass is 185 g/mol. The van der Waals surface area contributed by atoms with E-state index in [9.17, 15) is 4.57 Å². The fraction of sp³-hybridized carbons (Fsp3) is 0.333. The van der Waals surface area contributed by atoms with Crippen molar-refractivity contribution in [3.63, 3.8) is 0 Å². The Morgan fingerprint density at radius 2 is 1.64 bits per heavy atom. The van der Waals surface area contributed by atoms with Crippen LogP contribution in [-0.2, 0) is 13.6 Å². The summed E-state index contributed by atoms with van der Waals surface area (Å²) in [6, 6.07) is 0. The maximum absolute atomic E-state index is 10.6. The Kier molecular flexibility index (Phi) is 13.4. The van der Waals surface area contributed by atoms with Crippen LogP contribution >= 0.6 is 8.25 Å². The minimum absolute atomic E-state index is 0. The van der Waals surface area contributed by atoms with Crippen LogP contribution in [-0.4, -0.2) is 13.2 Å². The van der Waals surface area contributed by atoms with E-state index in [-0.39, 0.29) is 44.2 Å². The molecule has 0 rings (SSSR count). The zero-order valence-electron chi connectivity index (χ0n) is 7.66. The van der Waals surface area contributed by atoms with Crippen molar-refractivity contribution in [1.29, 1.82) is 0 Å². The summed E-state index contributed by atoms with van der Waals surface area (Å²) in [5, 5.41) is 0. The first-order valence-electron chi connectivity index (χ1n) is 2.76. The predicted molar refractivity (Wildman–Crippen MR) is 41.0 cm³/mol. The van der Waals surface area contributed by atoms with Crippen LogP contribution < -0.4 is 29.6 Å². The molecule has 0 aliphatic rings. The van der Waals surface area contributed by atoms with Crippen molar-refractivity contribution in [2.75, 3.05) is 13.2 Å². The van der Waals surface area contributed by atoms with Crippen LogP contribution in [0.1, 0.15) is 1.43 Å². The summed E-state index contributed by atoms with van der Waals surface area (Å²) in [5.41, 5.74) is 0. The SMILES string of the molecule is C=CCO[P+](=O)OCC=C.[H-].[Na+]. The summed E-state index contributed by atoms with van der Waals surface area (Å²) >= 11 is 0. The van der Waals surface area contributed by atoms with Gasteiger partial charge in [0, 0.05) is 4.57 Å². The summed E-state index contributed by atoms with van der Waals surface area (Å²) in [5.74, 6) is 0. The normalized spacial score (nSPS) is 8.00. The second-order valence-corrected chi connectivity index (χ2v) is 2.36. The van der Waals surface area contributed by atoms with Crippen molar-refractivity contribution in [2.45, 2.75) is 0 Å². The molecule has 0 atom stereocenters. The van der Waals surface area contributed by atoms with Gasteiger partial charge in [0.25, 0.3) is 0 Å². The summed E-state index contributed by atoms with van der Waals surface area (Å²) < 4.78 is 19.8. The van der Waals surface area contributed by atoms with Gasteiger partial charge in [-0.2, -0.15) is 0 Å². The van der Waals surface area contributed by atoms with E-state index in [4.69, 9.17) is 0 Å². The Hall–Kier alpha value is 0.500. The fourth-order valence-corrected chi connectivity index (χ4v) is 0.793. The number of hydrogen-bond donors (Lipinski definition) is 0. The molecule has 58 valence electrons. The van der Waals surface area contributed by atoms with Gasteiger partial charge in [-0.15, -0.1) is 22.2 Å². The van der Waals surface area contributed by atoms with Gasteiger partial charge in [-0.3, -0.25) is 0 Å². The fourth-order valence-electron chi connectivity index (χ4n) is 0.264. The third-order valence-corrected chi connectivity index (χ3v) is 1.32. The van der Waals surface area contributed by atoms with Crippen LogP contribution in [0.15, 0.2) is 25.3 Å². The predicted octanol–water partition coefficient (Wildman–Crippen LogP) is -0.834. The van der Waals surface area contributed by atoms with Crippen LogP contribution in [0.2, 0.25) is 0 Å². The molecule has 0 unspecified atom stereocenters. The quantitative estimate of drug-likeness (QED) is 0.307. The average Bonchev–Trinajstić information content (AvgIpc) is 1.97. The molecular formula is C6H11NaO3P+. The van der Waals surface area contributed by atoms with Crippen molar-refractivity contribution in [2.24, 2.45) is 0 Å². The van der Waals surface area contributed by atoms with Crippen LogP contribution in [0.3, 0.4) is 0 Å². The average molecular weight is 185 g/mol. The topological polar surface area (TPSA) is 35.5 Å². The second-order valence-electron chi connectivity index (χ2n) is 1.39. The first kappa shape index (κ1) is 14.0. The minimum atomic E-state index is -1.98. The second kappa shape index (κ2) is 10.5. The first-order valence-corrected chi connectivity index (χ1v) is 3.85. The van der Waals surface area contributed by atoms with E-state index in [2.05, 4.69) is 22.2 Å². The van der Waals surface area contributed by atoms with Gasteiger partial charge in [0.15, 0.2) is 0 Å². The Morgan fingerprint density at radius 1 is 1.27 bits per heavy atom. The third-order valence-electron chi connectivity index (χ3n) is 0.596. The van der Waals surface area contributed by atoms with Gasteiger partial charge in [0.2, 0.25) is 0 Å². The molecule has 0 amide bonds. The van der Waals surface area contributed by atoms with E-state index < -0.39 is 8.25 Å². The van der Waals surface area contributed by atoms with Gasteiger partial charge < -0.3 is 1.43 Å². The zero-order valence-corrected chi connectivity index (χ0v) is 9.55. The van der Waals surface area contributed by atoms with Crippen molar-refractivity contribution in [3.8, 4) is 0 Å². The molecule has 0 fully saturated rings. The molecule has 0 aromatic heterocycles. The molecule has 5 heteroatoms. The molecule has 0 N–H and O–H groups in total. The summed E-state index contributed by atoms with van der Waals surface area (Å²) in [6.07, 6.45) is 3.01. The molecule has 3 nitrogen and oxygen atoms in total.